The van der Waals surface area contributed by atoms with Crippen molar-refractivity contribution in [3.63, 3.8) is 0 Å². The predicted octanol–water partition coefficient (Wildman–Crippen LogP) is 0.439. The molecular formula is C10H11FN2O. The molecule has 0 aliphatic carbocycles. The van der Waals surface area contributed by atoms with Crippen LogP contribution in [0.4, 0.5) is 4.39 Å². The maximum absolute atomic E-state index is 13.3. The van der Waals surface area contributed by atoms with Crippen molar-refractivity contribution in [1.82, 2.24) is 5.32 Å². The monoisotopic (exact) mass is 194 g/mol. The minimum atomic E-state index is -0.323. The van der Waals surface area contributed by atoms with Crippen LogP contribution in [0.5, 0.6) is 0 Å². The molecule has 0 aromatic heterocycles. The fraction of sp³-hybridized carbons (Fsp3) is 0.300. The third kappa shape index (κ3) is 1.37. The first-order valence-electron chi connectivity index (χ1n) is 4.50. The Balaban J connectivity index is 2.45. The van der Waals surface area contributed by atoms with Gasteiger partial charge in [-0.1, -0.05) is 6.07 Å². The summed E-state index contributed by atoms with van der Waals surface area (Å²) in [6, 6.07) is 4.38. The molecular weight excluding hydrogens is 183 g/mol. The van der Waals surface area contributed by atoms with Crippen LogP contribution in [0.2, 0.25) is 0 Å². The predicted molar refractivity (Wildman–Crippen MR) is 50.4 cm³/mol. The van der Waals surface area contributed by atoms with E-state index in [1.165, 1.54) is 12.1 Å². The summed E-state index contributed by atoms with van der Waals surface area (Å²) >= 11 is 0. The van der Waals surface area contributed by atoms with Crippen molar-refractivity contribution in [2.75, 3.05) is 6.54 Å². The van der Waals surface area contributed by atoms with Gasteiger partial charge in [-0.25, -0.2) is 4.39 Å². The highest BCUT2D eigenvalue weighted by Crippen LogP contribution is 2.19. The van der Waals surface area contributed by atoms with E-state index in [0.29, 0.717) is 24.1 Å². The van der Waals surface area contributed by atoms with Gasteiger partial charge in [0.1, 0.15) is 5.82 Å². The molecule has 1 heterocycles. The van der Waals surface area contributed by atoms with Crippen LogP contribution >= 0.6 is 0 Å². The number of nitrogens with one attached hydrogen (secondary N) is 1. The molecule has 74 valence electrons. The molecule has 1 amide bonds. The summed E-state index contributed by atoms with van der Waals surface area (Å²) < 4.78 is 13.3. The Kier molecular flexibility index (Phi) is 2.21. The van der Waals surface area contributed by atoms with E-state index in [2.05, 4.69) is 5.32 Å². The summed E-state index contributed by atoms with van der Waals surface area (Å²) in [5.74, 6) is -0.558. The zero-order valence-electron chi connectivity index (χ0n) is 7.59. The Morgan fingerprint density at radius 2 is 2.36 bits per heavy atom. The molecule has 0 radical (unpaired) electrons. The van der Waals surface area contributed by atoms with Crippen molar-refractivity contribution in [3.8, 4) is 0 Å². The second kappa shape index (κ2) is 3.38. The van der Waals surface area contributed by atoms with Crippen LogP contribution in [0.1, 0.15) is 15.9 Å². The fourth-order valence-corrected chi connectivity index (χ4v) is 1.68. The second-order valence-electron chi connectivity index (χ2n) is 3.38. The van der Waals surface area contributed by atoms with Gasteiger partial charge < -0.3 is 11.1 Å². The van der Waals surface area contributed by atoms with E-state index in [4.69, 9.17) is 5.73 Å². The van der Waals surface area contributed by atoms with E-state index < -0.39 is 0 Å². The lowest BCUT2D eigenvalue weighted by molar-refractivity contribution is 0.0925. The number of halogens is 1. The standard InChI is InChI=1S/C10H11FN2O/c11-9-3-1-2-7-8(9)4-6(5-12)13-10(7)14/h1-3,6H,4-5,12H2,(H,13,14). The maximum atomic E-state index is 13.3. The molecule has 1 aliphatic heterocycles. The van der Waals surface area contributed by atoms with Gasteiger partial charge in [0, 0.05) is 23.7 Å². The molecule has 1 aromatic rings. The van der Waals surface area contributed by atoms with Crippen LogP contribution in [0.3, 0.4) is 0 Å². The number of nitrogens with two attached hydrogens (primary N) is 1. The molecule has 3 N–H and O–H groups in total. The quantitative estimate of drug-likeness (QED) is 0.681. The Labute approximate surface area is 81.1 Å². The van der Waals surface area contributed by atoms with Gasteiger partial charge >= 0.3 is 0 Å². The minimum absolute atomic E-state index is 0.146. The lowest BCUT2D eigenvalue weighted by Gasteiger charge is -2.24. The normalized spacial score (nSPS) is 20.1. The Hall–Kier alpha value is -1.42. The van der Waals surface area contributed by atoms with Gasteiger partial charge in [0.05, 0.1) is 0 Å². The third-order valence-corrected chi connectivity index (χ3v) is 2.43. The van der Waals surface area contributed by atoms with Crippen LogP contribution < -0.4 is 11.1 Å². The molecule has 0 saturated carbocycles. The first-order chi connectivity index (χ1) is 6.72. The van der Waals surface area contributed by atoms with Crippen molar-refractivity contribution >= 4 is 5.91 Å². The molecule has 0 fully saturated rings. The lowest BCUT2D eigenvalue weighted by atomic mass is 9.95. The molecule has 3 nitrogen and oxygen atoms in total. The number of fused-ring (bicyclic) bond motifs is 1. The molecule has 1 aromatic carbocycles. The summed E-state index contributed by atoms with van der Waals surface area (Å²) in [5.41, 5.74) is 6.34. The van der Waals surface area contributed by atoms with Crippen molar-refractivity contribution < 1.29 is 9.18 Å². The summed E-state index contributed by atoms with van der Waals surface area (Å²) in [7, 11) is 0. The zero-order valence-corrected chi connectivity index (χ0v) is 7.59. The minimum Gasteiger partial charge on any atom is -0.348 e. The highest BCUT2D eigenvalue weighted by atomic mass is 19.1. The third-order valence-electron chi connectivity index (χ3n) is 2.43. The van der Waals surface area contributed by atoms with Crippen LogP contribution in [0.15, 0.2) is 18.2 Å². The maximum Gasteiger partial charge on any atom is 0.251 e. The summed E-state index contributed by atoms with van der Waals surface area (Å²) in [6.45, 7) is 0.333. The van der Waals surface area contributed by atoms with Crippen LogP contribution in [0, 0.1) is 5.82 Å². The number of carbonyl (C=O) groups excluding carboxylic acids is 1. The second-order valence-corrected chi connectivity index (χ2v) is 3.38. The zero-order chi connectivity index (χ0) is 10.1. The Bertz CT molecular complexity index is 378. The van der Waals surface area contributed by atoms with Crippen LogP contribution in [0.25, 0.3) is 0 Å². The summed E-state index contributed by atoms with van der Waals surface area (Å²) in [5, 5.41) is 2.72. The molecule has 0 spiro atoms. The molecule has 1 atom stereocenters. The Morgan fingerprint density at radius 1 is 1.57 bits per heavy atom. The molecule has 2 rings (SSSR count). The van der Waals surface area contributed by atoms with E-state index in [1.807, 2.05) is 0 Å². The van der Waals surface area contributed by atoms with Crippen molar-refractivity contribution in [3.05, 3.63) is 35.1 Å². The number of benzene rings is 1. The largest absolute Gasteiger partial charge is 0.348 e. The van der Waals surface area contributed by atoms with Gasteiger partial charge in [0.2, 0.25) is 0 Å². The van der Waals surface area contributed by atoms with E-state index in [1.54, 1.807) is 6.07 Å². The van der Waals surface area contributed by atoms with E-state index in [9.17, 15) is 9.18 Å². The molecule has 0 saturated heterocycles. The highest BCUT2D eigenvalue weighted by Gasteiger charge is 2.25. The fourth-order valence-electron chi connectivity index (χ4n) is 1.68. The summed E-state index contributed by atoms with van der Waals surface area (Å²) in [4.78, 5) is 11.5. The number of hydrogen-bond donors (Lipinski definition) is 2. The van der Waals surface area contributed by atoms with Crippen LogP contribution in [-0.4, -0.2) is 18.5 Å². The van der Waals surface area contributed by atoms with E-state index in [-0.39, 0.29) is 17.8 Å². The van der Waals surface area contributed by atoms with E-state index in [0.717, 1.165) is 0 Å². The number of hydrogen-bond acceptors (Lipinski definition) is 2. The molecule has 0 bridgehead atoms. The first-order valence-corrected chi connectivity index (χ1v) is 4.50. The van der Waals surface area contributed by atoms with Gasteiger partial charge in [-0.2, -0.15) is 0 Å². The van der Waals surface area contributed by atoms with Gasteiger partial charge in [0.25, 0.3) is 5.91 Å². The van der Waals surface area contributed by atoms with Gasteiger partial charge in [-0.15, -0.1) is 0 Å². The van der Waals surface area contributed by atoms with Crippen molar-refractivity contribution in [2.45, 2.75) is 12.5 Å². The average Bonchev–Trinajstić information content (AvgIpc) is 2.19. The van der Waals surface area contributed by atoms with Crippen molar-refractivity contribution in [2.24, 2.45) is 5.73 Å². The molecule has 4 heteroatoms. The molecule has 1 unspecified atom stereocenters. The number of amides is 1. The first kappa shape index (κ1) is 9.15. The smallest absolute Gasteiger partial charge is 0.251 e. The highest BCUT2D eigenvalue weighted by molar-refractivity contribution is 5.97. The van der Waals surface area contributed by atoms with Crippen LogP contribution in [-0.2, 0) is 6.42 Å². The topological polar surface area (TPSA) is 55.1 Å². The van der Waals surface area contributed by atoms with Gasteiger partial charge in [-0.05, 0) is 18.6 Å². The Morgan fingerprint density at radius 3 is 3.07 bits per heavy atom. The average molecular weight is 194 g/mol. The van der Waals surface area contributed by atoms with E-state index >= 15 is 0 Å². The van der Waals surface area contributed by atoms with Gasteiger partial charge in [-0.3, -0.25) is 4.79 Å². The number of rotatable bonds is 1. The molecule has 14 heavy (non-hydrogen) atoms. The van der Waals surface area contributed by atoms with Gasteiger partial charge in [0.15, 0.2) is 0 Å². The van der Waals surface area contributed by atoms with Crippen molar-refractivity contribution in [1.29, 1.82) is 0 Å². The lowest BCUT2D eigenvalue weighted by Crippen LogP contribution is -2.46. The summed E-state index contributed by atoms with van der Waals surface area (Å²) in [6.07, 6.45) is 0.476. The SMILES string of the molecule is NCC1Cc2c(F)cccc2C(=O)N1. The number of carbonyl (C=O) groups is 1. The molecule has 1 aliphatic rings.